The van der Waals surface area contributed by atoms with E-state index in [4.69, 9.17) is 5.73 Å². The first-order chi connectivity index (χ1) is 7.84. The van der Waals surface area contributed by atoms with Gasteiger partial charge in [0.2, 0.25) is 0 Å². The Morgan fingerprint density at radius 1 is 1.38 bits per heavy atom. The van der Waals surface area contributed by atoms with Gasteiger partial charge < -0.3 is 11.1 Å². The van der Waals surface area contributed by atoms with E-state index >= 15 is 0 Å². The molecule has 1 aliphatic rings. The zero-order valence-electron chi connectivity index (χ0n) is 9.35. The van der Waals surface area contributed by atoms with Crippen LogP contribution < -0.4 is 11.1 Å². The summed E-state index contributed by atoms with van der Waals surface area (Å²) in [6.45, 7) is 4.47. The number of nitrogens with zero attached hydrogens (tertiary/aromatic N) is 2. The summed E-state index contributed by atoms with van der Waals surface area (Å²) in [6.07, 6.45) is 3.47. The smallest absolute Gasteiger partial charge is 0.0547 e. The molecule has 1 aromatic rings. The fourth-order valence-corrected chi connectivity index (χ4v) is 2.72. The van der Waals surface area contributed by atoms with E-state index in [9.17, 15) is 0 Å². The van der Waals surface area contributed by atoms with Gasteiger partial charge in [0.1, 0.15) is 0 Å². The minimum Gasteiger partial charge on any atom is -0.397 e. The first kappa shape index (κ1) is 11.5. The summed E-state index contributed by atoms with van der Waals surface area (Å²) in [6, 6.07) is 1.92. The van der Waals surface area contributed by atoms with Crippen LogP contribution in [0.15, 0.2) is 18.5 Å². The molecular formula is C11H18N4S. The summed E-state index contributed by atoms with van der Waals surface area (Å²) < 4.78 is 0. The van der Waals surface area contributed by atoms with Crippen LogP contribution in [0.1, 0.15) is 0 Å². The van der Waals surface area contributed by atoms with E-state index in [0.29, 0.717) is 5.69 Å². The molecule has 3 N–H and O–H groups in total. The highest BCUT2D eigenvalue weighted by Crippen LogP contribution is 2.10. The van der Waals surface area contributed by atoms with Crippen LogP contribution >= 0.6 is 11.8 Å². The predicted octanol–water partition coefficient (Wildman–Crippen LogP) is 1.12. The van der Waals surface area contributed by atoms with Gasteiger partial charge in [-0.25, -0.2) is 0 Å². The zero-order chi connectivity index (χ0) is 11.2. The second-order valence-corrected chi connectivity index (χ2v) is 5.11. The number of pyridine rings is 1. The molecule has 1 aliphatic heterocycles. The number of aromatic nitrogens is 1. The van der Waals surface area contributed by atoms with Crippen molar-refractivity contribution in [2.24, 2.45) is 0 Å². The second kappa shape index (κ2) is 5.96. The highest BCUT2D eigenvalue weighted by Gasteiger charge is 2.08. The van der Waals surface area contributed by atoms with Crippen molar-refractivity contribution >= 4 is 23.1 Å². The van der Waals surface area contributed by atoms with Gasteiger partial charge in [-0.1, -0.05) is 0 Å². The fraction of sp³-hybridized carbons (Fsp3) is 0.545. The summed E-state index contributed by atoms with van der Waals surface area (Å²) in [7, 11) is 0. The normalized spacial score (nSPS) is 17.2. The lowest BCUT2D eigenvalue weighted by Crippen LogP contribution is -2.36. The van der Waals surface area contributed by atoms with E-state index < -0.39 is 0 Å². The van der Waals surface area contributed by atoms with Gasteiger partial charge in [0.25, 0.3) is 0 Å². The Hall–Kier alpha value is -0.940. The van der Waals surface area contributed by atoms with Gasteiger partial charge >= 0.3 is 0 Å². The molecule has 0 atom stereocenters. The van der Waals surface area contributed by atoms with Crippen molar-refractivity contribution in [1.29, 1.82) is 0 Å². The van der Waals surface area contributed by atoms with E-state index in [-0.39, 0.29) is 0 Å². The van der Waals surface area contributed by atoms with Crippen LogP contribution in [-0.4, -0.2) is 47.6 Å². The number of nitrogen functional groups attached to an aromatic ring is 1. The van der Waals surface area contributed by atoms with Crippen molar-refractivity contribution < 1.29 is 0 Å². The van der Waals surface area contributed by atoms with Crippen molar-refractivity contribution in [3.63, 3.8) is 0 Å². The highest BCUT2D eigenvalue weighted by molar-refractivity contribution is 7.99. The van der Waals surface area contributed by atoms with E-state index in [0.717, 1.165) is 18.8 Å². The Morgan fingerprint density at radius 3 is 2.94 bits per heavy atom. The Labute approximate surface area is 101 Å². The van der Waals surface area contributed by atoms with Gasteiger partial charge in [-0.05, 0) is 6.07 Å². The first-order valence-corrected chi connectivity index (χ1v) is 6.74. The number of rotatable bonds is 4. The van der Waals surface area contributed by atoms with Crippen molar-refractivity contribution in [2.75, 3.05) is 48.7 Å². The van der Waals surface area contributed by atoms with E-state index in [1.807, 2.05) is 24.0 Å². The van der Waals surface area contributed by atoms with E-state index in [2.05, 4.69) is 15.2 Å². The third-order valence-electron chi connectivity index (χ3n) is 2.62. The number of anilines is 2. The van der Waals surface area contributed by atoms with Crippen LogP contribution in [0.25, 0.3) is 0 Å². The van der Waals surface area contributed by atoms with Gasteiger partial charge in [0, 0.05) is 43.9 Å². The van der Waals surface area contributed by atoms with Crippen LogP contribution in [0.3, 0.4) is 0 Å². The third-order valence-corrected chi connectivity index (χ3v) is 3.56. The van der Waals surface area contributed by atoms with Crippen LogP contribution in [0.5, 0.6) is 0 Å². The minimum absolute atomic E-state index is 0.708. The Balaban J connectivity index is 1.71. The molecule has 2 rings (SSSR count). The molecule has 16 heavy (non-hydrogen) atoms. The van der Waals surface area contributed by atoms with E-state index in [1.165, 1.54) is 24.6 Å². The molecule has 2 heterocycles. The second-order valence-electron chi connectivity index (χ2n) is 3.89. The lowest BCUT2D eigenvalue weighted by molar-refractivity contribution is 0.314. The topological polar surface area (TPSA) is 54.2 Å². The molecule has 0 saturated carbocycles. The maximum Gasteiger partial charge on any atom is 0.0547 e. The molecule has 0 bridgehead atoms. The monoisotopic (exact) mass is 238 g/mol. The Bertz CT molecular complexity index is 326. The number of hydrogen-bond donors (Lipinski definition) is 2. The molecular weight excluding hydrogens is 220 g/mol. The Kier molecular flexibility index (Phi) is 4.30. The largest absolute Gasteiger partial charge is 0.397 e. The van der Waals surface area contributed by atoms with Crippen molar-refractivity contribution in [2.45, 2.75) is 0 Å². The van der Waals surface area contributed by atoms with Crippen molar-refractivity contribution in [1.82, 2.24) is 9.88 Å². The molecule has 88 valence electrons. The standard InChI is InChI=1S/C11H18N4S/c12-10-7-11(9-13-8-10)14-1-2-15-3-5-16-6-4-15/h7-9,14H,1-6,12H2. The quantitative estimate of drug-likeness (QED) is 0.823. The molecule has 1 fully saturated rings. The first-order valence-electron chi connectivity index (χ1n) is 5.59. The number of nitrogens with two attached hydrogens (primary N) is 1. The maximum atomic E-state index is 5.66. The highest BCUT2D eigenvalue weighted by atomic mass is 32.2. The molecule has 0 spiro atoms. The molecule has 0 amide bonds. The summed E-state index contributed by atoms with van der Waals surface area (Å²) in [5.74, 6) is 2.53. The third kappa shape index (κ3) is 3.57. The lowest BCUT2D eigenvalue weighted by Gasteiger charge is -2.26. The van der Waals surface area contributed by atoms with Gasteiger partial charge in [0.05, 0.1) is 17.6 Å². The van der Waals surface area contributed by atoms with Crippen molar-refractivity contribution in [3.8, 4) is 0 Å². The average Bonchev–Trinajstić information content (AvgIpc) is 2.30. The van der Waals surface area contributed by atoms with Gasteiger partial charge in [-0.15, -0.1) is 0 Å². The molecule has 1 aromatic heterocycles. The number of hydrogen-bond acceptors (Lipinski definition) is 5. The zero-order valence-corrected chi connectivity index (χ0v) is 10.2. The maximum absolute atomic E-state index is 5.66. The minimum atomic E-state index is 0.708. The van der Waals surface area contributed by atoms with Gasteiger partial charge in [0.15, 0.2) is 0 Å². The predicted molar refractivity (Wildman–Crippen MR) is 70.9 cm³/mol. The van der Waals surface area contributed by atoms with Crippen molar-refractivity contribution in [3.05, 3.63) is 18.5 Å². The Morgan fingerprint density at radius 2 is 2.19 bits per heavy atom. The molecule has 0 unspecified atom stereocenters. The summed E-state index contributed by atoms with van der Waals surface area (Å²) in [4.78, 5) is 6.53. The van der Waals surface area contributed by atoms with Gasteiger partial charge in [-0.3, -0.25) is 9.88 Å². The molecule has 5 heteroatoms. The summed E-state index contributed by atoms with van der Waals surface area (Å²) in [5.41, 5.74) is 7.37. The van der Waals surface area contributed by atoms with Crippen LogP contribution in [-0.2, 0) is 0 Å². The molecule has 0 aromatic carbocycles. The molecule has 4 nitrogen and oxygen atoms in total. The number of nitrogens with one attached hydrogen (secondary N) is 1. The lowest BCUT2D eigenvalue weighted by atomic mass is 10.3. The van der Waals surface area contributed by atoms with Crippen LogP contribution in [0.4, 0.5) is 11.4 Å². The van der Waals surface area contributed by atoms with Crippen LogP contribution in [0, 0.1) is 0 Å². The fourth-order valence-electron chi connectivity index (χ4n) is 1.74. The molecule has 0 aliphatic carbocycles. The van der Waals surface area contributed by atoms with E-state index in [1.54, 1.807) is 6.20 Å². The molecule has 1 saturated heterocycles. The SMILES string of the molecule is Nc1cncc(NCCN2CCSCC2)c1. The number of thioether (sulfide) groups is 1. The summed E-state index contributed by atoms with van der Waals surface area (Å²) >= 11 is 2.04. The average molecular weight is 238 g/mol. The van der Waals surface area contributed by atoms with Gasteiger partial charge in [-0.2, -0.15) is 11.8 Å². The van der Waals surface area contributed by atoms with Crippen LogP contribution in [0.2, 0.25) is 0 Å². The molecule has 0 radical (unpaired) electrons. The summed E-state index contributed by atoms with van der Waals surface area (Å²) in [5, 5.41) is 3.34.